The van der Waals surface area contributed by atoms with Gasteiger partial charge in [0, 0.05) is 5.56 Å². The van der Waals surface area contributed by atoms with Crippen LogP contribution in [0.25, 0.3) is 12.2 Å². The molecule has 5 heteroatoms. The van der Waals surface area contributed by atoms with Crippen molar-refractivity contribution in [2.75, 3.05) is 5.43 Å². The highest BCUT2D eigenvalue weighted by molar-refractivity contribution is 7.13. The number of anilines is 1. The normalized spacial score (nSPS) is 17.6. The summed E-state index contributed by atoms with van der Waals surface area (Å²) in [4.78, 5) is 4.46. The number of nitrogens with zero attached hydrogens (tertiary/aromatic N) is 2. The van der Waals surface area contributed by atoms with E-state index in [1.165, 1.54) is 6.07 Å². The standard InChI is InChI=1S/C16H16FN3S/c1-3-12-14(4-2)21-16(18-12)20-19-13-9-8-10-6-5-7-11(17)15(10)13/h3-7H,8-9H2,1-2H3,(H,18,20)/b12-3+,14-4+,19-13-. The smallest absolute Gasteiger partial charge is 0.204 e. The van der Waals surface area contributed by atoms with Crippen LogP contribution in [0.2, 0.25) is 0 Å². The van der Waals surface area contributed by atoms with Crippen LogP contribution in [-0.2, 0) is 6.42 Å². The Bertz CT molecular complexity index is 789. The monoisotopic (exact) mass is 301 g/mol. The van der Waals surface area contributed by atoms with Crippen LogP contribution in [0.5, 0.6) is 0 Å². The Kier molecular flexibility index (Phi) is 3.84. The fraction of sp³-hybridized carbons (Fsp3) is 0.250. The van der Waals surface area contributed by atoms with E-state index in [1.807, 2.05) is 32.1 Å². The minimum atomic E-state index is -0.199. The van der Waals surface area contributed by atoms with Gasteiger partial charge in [0.2, 0.25) is 5.13 Å². The molecule has 0 atom stereocenters. The maximum atomic E-state index is 13.9. The number of thiazole rings is 1. The Labute approximate surface area is 126 Å². The molecule has 0 aliphatic heterocycles. The van der Waals surface area contributed by atoms with Crippen molar-refractivity contribution in [1.29, 1.82) is 0 Å². The molecule has 0 spiro atoms. The van der Waals surface area contributed by atoms with Gasteiger partial charge in [-0.25, -0.2) is 9.37 Å². The van der Waals surface area contributed by atoms with Crippen LogP contribution in [0, 0.1) is 5.82 Å². The lowest BCUT2D eigenvalue weighted by atomic mass is 10.1. The first kappa shape index (κ1) is 13.9. The van der Waals surface area contributed by atoms with Gasteiger partial charge in [0.1, 0.15) is 5.82 Å². The third kappa shape index (κ3) is 2.61. The molecule has 1 aromatic heterocycles. The number of halogens is 1. The number of rotatable bonds is 2. The first-order valence-corrected chi connectivity index (χ1v) is 7.74. The van der Waals surface area contributed by atoms with E-state index in [0.29, 0.717) is 5.56 Å². The molecule has 0 unspecified atom stereocenters. The highest BCUT2D eigenvalue weighted by Gasteiger charge is 2.21. The van der Waals surface area contributed by atoms with Crippen molar-refractivity contribution < 1.29 is 4.39 Å². The Balaban J connectivity index is 1.91. The van der Waals surface area contributed by atoms with Gasteiger partial charge in [-0.1, -0.05) is 35.6 Å². The number of aryl methyl sites for hydroxylation is 1. The summed E-state index contributed by atoms with van der Waals surface area (Å²) in [7, 11) is 0. The lowest BCUT2D eigenvalue weighted by Crippen LogP contribution is -2.19. The maximum Gasteiger partial charge on any atom is 0.204 e. The third-order valence-corrected chi connectivity index (χ3v) is 4.56. The van der Waals surface area contributed by atoms with Crippen LogP contribution in [0.3, 0.4) is 0 Å². The van der Waals surface area contributed by atoms with Gasteiger partial charge >= 0.3 is 0 Å². The van der Waals surface area contributed by atoms with Crippen molar-refractivity contribution >= 4 is 34.3 Å². The lowest BCUT2D eigenvalue weighted by Gasteiger charge is -2.02. The van der Waals surface area contributed by atoms with Gasteiger partial charge in [-0.3, -0.25) is 5.43 Å². The Hall–Kier alpha value is -2.01. The van der Waals surface area contributed by atoms with E-state index in [2.05, 4.69) is 15.5 Å². The van der Waals surface area contributed by atoms with Crippen LogP contribution >= 0.6 is 11.3 Å². The molecule has 0 amide bonds. The minimum Gasteiger partial charge on any atom is -0.252 e. The van der Waals surface area contributed by atoms with E-state index in [9.17, 15) is 4.39 Å². The van der Waals surface area contributed by atoms with Gasteiger partial charge in [0.15, 0.2) is 0 Å². The van der Waals surface area contributed by atoms with E-state index in [4.69, 9.17) is 0 Å². The van der Waals surface area contributed by atoms with Crippen molar-refractivity contribution in [2.24, 2.45) is 5.10 Å². The quantitative estimate of drug-likeness (QED) is 0.866. The number of fused-ring (bicyclic) bond motifs is 1. The molecular formula is C16H16FN3S. The summed E-state index contributed by atoms with van der Waals surface area (Å²) in [6, 6.07) is 5.19. The highest BCUT2D eigenvalue weighted by Crippen LogP contribution is 2.25. The zero-order valence-corrected chi connectivity index (χ0v) is 12.8. The average molecular weight is 301 g/mol. The first-order chi connectivity index (χ1) is 10.2. The van der Waals surface area contributed by atoms with E-state index < -0.39 is 0 Å². The lowest BCUT2D eigenvalue weighted by molar-refractivity contribution is 0.624. The minimum absolute atomic E-state index is 0.199. The van der Waals surface area contributed by atoms with Gasteiger partial charge in [0.25, 0.3) is 0 Å². The van der Waals surface area contributed by atoms with Crippen LogP contribution in [-0.4, -0.2) is 10.7 Å². The second-order valence-corrected chi connectivity index (χ2v) is 5.82. The van der Waals surface area contributed by atoms with Crippen LogP contribution in [0.4, 0.5) is 9.52 Å². The Morgan fingerprint density at radius 2 is 2.14 bits per heavy atom. The second kappa shape index (κ2) is 5.77. The summed E-state index contributed by atoms with van der Waals surface area (Å²) >= 11 is 1.54. The molecular weight excluding hydrogens is 285 g/mol. The molecule has 3 rings (SSSR count). The highest BCUT2D eigenvalue weighted by atomic mass is 32.1. The maximum absolute atomic E-state index is 13.9. The summed E-state index contributed by atoms with van der Waals surface area (Å²) in [5, 5.41) is 6.04. The van der Waals surface area contributed by atoms with Gasteiger partial charge in [-0.05, 0) is 38.3 Å². The zero-order valence-electron chi connectivity index (χ0n) is 12.0. The van der Waals surface area contributed by atoms with E-state index >= 15 is 0 Å². The number of hydrogen-bond acceptors (Lipinski definition) is 4. The number of nitrogens with one attached hydrogen (secondary N) is 1. The molecule has 1 aromatic carbocycles. The van der Waals surface area contributed by atoms with Crippen molar-refractivity contribution in [3.8, 4) is 0 Å². The van der Waals surface area contributed by atoms with Gasteiger partial charge in [-0.2, -0.15) is 5.10 Å². The van der Waals surface area contributed by atoms with Crippen molar-refractivity contribution in [1.82, 2.24) is 4.98 Å². The zero-order chi connectivity index (χ0) is 14.8. The predicted octanol–water partition coefficient (Wildman–Crippen LogP) is 2.65. The largest absolute Gasteiger partial charge is 0.252 e. The molecule has 108 valence electrons. The molecule has 0 bridgehead atoms. The van der Waals surface area contributed by atoms with Gasteiger partial charge < -0.3 is 0 Å². The number of hydrazone groups is 1. The summed E-state index contributed by atoms with van der Waals surface area (Å²) < 4.78 is 15.0. The molecule has 0 fully saturated rings. The van der Waals surface area contributed by atoms with E-state index in [1.54, 1.807) is 17.4 Å². The molecule has 0 saturated carbocycles. The molecule has 2 aromatic rings. The van der Waals surface area contributed by atoms with Crippen molar-refractivity contribution in [2.45, 2.75) is 26.7 Å². The molecule has 1 N–H and O–H groups in total. The predicted molar refractivity (Wildman–Crippen MR) is 86.5 cm³/mol. The molecule has 3 nitrogen and oxygen atoms in total. The Morgan fingerprint density at radius 1 is 1.29 bits per heavy atom. The number of aromatic nitrogens is 1. The van der Waals surface area contributed by atoms with Gasteiger partial charge in [-0.15, -0.1) is 0 Å². The van der Waals surface area contributed by atoms with E-state index in [-0.39, 0.29) is 5.82 Å². The van der Waals surface area contributed by atoms with Crippen molar-refractivity contribution in [3.63, 3.8) is 0 Å². The molecule has 1 aliphatic carbocycles. The van der Waals surface area contributed by atoms with Crippen molar-refractivity contribution in [3.05, 3.63) is 45.0 Å². The summed E-state index contributed by atoms with van der Waals surface area (Å²) in [6.07, 6.45) is 5.59. The summed E-state index contributed by atoms with van der Waals surface area (Å²) in [6.45, 7) is 3.94. The van der Waals surface area contributed by atoms with E-state index in [0.717, 1.165) is 39.1 Å². The fourth-order valence-corrected chi connectivity index (χ4v) is 3.34. The SMILES string of the molecule is C/C=c1/nc(N/N=C2/CCc3cccc(F)c32)s/c1=C/C. The summed E-state index contributed by atoms with van der Waals surface area (Å²) in [5.41, 5.74) is 5.41. The summed E-state index contributed by atoms with van der Waals surface area (Å²) in [5.74, 6) is -0.199. The third-order valence-electron chi connectivity index (χ3n) is 3.52. The fourth-order valence-electron chi connectivity index (χ4n) is 2.51. The molecule has 0 radical (unpaired) electrons. The first-order valence-electron chi connectivity index (χ1n) is 6.92. The average Bonchev–Trinajstić information content (AvgIpc) is 3.09. The van der Waals surface area contributed by atoms with Crippen LogP contribution in [0.15, 0.2) is 23.3 Å². The molecule has 1 heterocycles. The molecule has 1 aliphatic rings. The molecule has 0 saturated heterocycles. The molecule has 21 heavy (non-hydrogen) atoms. The topological polar surface area (TPSA) is 37.3 Å². The Morgan fingerprint density at radius 3 is 2.86 bits per heavy atom. The number of hydrogen-bond donors (Lipinski definition) is 1. The van der Waals surface area contributed by atoms with Gasteiger partial charge in [0.05, 0.1) is 15.6 Å². The second-order valence-electron chi connectivity index (χ2n) is 4.79. The van der Waals surface area contributed by atoms with Crippen LogP contribution < -0.4 is 15.3 Å². The number of benzene rings is 1. The van der Waals surface area contributed by atoms with Crippen LogP contribution in [0.1, 0.15) is 31.4 Å².